The highest BCUT2D eigenvalue weighted by atomic mass is 32.2. The third-order valence-electron chi connectivity index (χ3n) is 2.11. The first-order chi connectivity index (χ1) is 6.34. The lowest BCUT2D eigenvalue weighted by atomic mass is 10.2. The van der Waals surface area contributed by atoms with Crippen LogP contribution < -0.4 is 5.32 Å². The van der Waals surface area contributed by atoms with Gasteiger partial charge in [0.15, 0.2) is 0 Å². The molecule has 0 aromatic rings. The Balaban J connectivity index is 2.24. The summed E-state index contributed by atoms with van der Waals surface area (Å²) in [5, 5.41) is 11.6. The van der Waals surface area contributed by atoms with Crippen molar-refractivity contribution in [3.63, 3.8) is 0 Å². The van der Waals surface area contributed by atoms with E-state index in [9.17, 15) is 4.79 Å². The second-order valence-electron chi connectivity index (χ2n) is 3.22. The van der Waals surface area contributed by atoms with Crippen LogP contribution in [0.15, 0.2) is 0 Å². The quantitative estimate of drug-likeness (QED) is 0.664. The summed E-state index contributed by atoms with van der Waals surface area (Å²) >= 11 is 1.67. The molecule has 1 heterocycles. The zero-order chi connectivity index (χ0) is 9.52. The van der Waals surface area contributed by atoms with E-state index in [2.05, 4.69) is 5.32 Å². The molecule has 3 nitrogen and oxygen atoms in total. The van der Waals surface area contributed by atoms with Crippen molar-refractivity contribution in [1.29, 1.82) is 0 Å². The second kappa shape index (κ2) is 6.27. The Morgan fingerprint density at radius 2 is 2.38 bits per heavy atom. The number of aliphatic hydroxyl groups excluding tert-OH is 1. The van der Waals surface area contributed by atoms with Gasteiger partial charge in [-0.3, -0.25) is 4.79 Å². The van der Waals surface area contributed by atoms with Crippen LogP contribution in [-0.4, -0.2) is 35.2 Å². The molecule has 0 aromatic heterocycles. The van der Waals surface area contributed by atoms with Gasteiger partial charge in [-0.2, -0.15) is 0 Å². The van der Waals surface area contributed by atoms with Crippen molar-refractivity contribution in [3.05, 3.63) is 0 Å². The van der Waals surface area contributed by atoms with Crippen molar-refractivity contribution in [2.75, 3.05) is 18.9 Å². The van der Waals surface area contributed by atoms with Crippen molar-refractivity contribution in [1.82, 2.24) is 5.32 Å². The van der Waals surface area contributed by atoms with Gasteiger partial charge in [0.25, 0.3) is 0 Å². The van der Waals surface area contributed by atoms with Gasteiger partial charge in [0.2, 0.25) is 5.91 Å². The first kappa shape index (κ1) is 10.9. The molecule has 1 unspecified atom stereocenters. The first-order valence-corrected chi connectivity index (χ1v) is 5.89. The zero-order valence-corrected chi connectivity index (χ0v) is 8.61. The molecule has 76 valence electrons. The predicted octanol–water partition coefficient (Wildman–Crippen LogP) is 0.771. The molecule has 1 rings (SSSR count). The minimum atomic E-state index is 0.119. The molecule has 1 atom stereocenters. The largest absolute Gasteiger partial charge is 0.396 e. The maximum Gasteiger partial charge on any atom is 0.233 e. The van der Waals surface area contributed by atoms with Crippen molar-refractivity contribution < 1.29 is 9.90 Å². The van der Waals surface area contributed by atoms with Gasteiger partial charge in [-0.05, 0) is 25.0 Å². The summed E-state index contributed by atoms with van der Waals surface area (Å²) in [6.07, 6.45) is 4.01. The number of thioether (sulfide) groups is 1. The zero-order valence-electron chi connectivity index (χ0n) is 7.79. The van der Waals surface area contributed by atoms with Crippen molar-refractivity contribution in [2.45, 2.75) is 30.9 Å². The van der Waals surface area contributed by atoms with E-state index in [0.29, 0.717) is 0 Å². The van der Waals surface area contributed by atoms with Gasteiger partial charge in [0.05, 0.1) is 5.25 Å². The van der Waals surface area contributed by atoms with Crippen molar-refractivity contribution in [2.24, 2.45) is 0 Å². The van der Waals surface area contributed by atoms with E-state index in [0.717, 1.165) is 38.0 Å². The van der Waals surface area contributed by atoms with E-state index in [1.807, 2.05) is 0 Å². The van der Waals surface area contributed by atoms with Crippen LogP contribution in [-0.2, 0) is 4.79 Å². The summed E-state index contributed by atoms with van der Waals surface area (Å²) in [6, 6.07) is 0. The molecule has 0 aliphatic carbocycles. The number of rotatable bonds is 4. The highest BCUT2D eigenvalue weighted by Crippen LogP contribution is 2.20. The monoisotopic (exact) mass is 203 g/mol. The van der Waals surface area contributed by atoms with E-state index in [-0.39, 0.29) is 17.8 Å². The van der Waals surface area contributed by atoms with Gasteiger partial charge in [-0.15, -0.1) is 11.8 Å². The molecule has 1 aliphatic rings. The maximum atomic E-state index is 11.4. The van der Waals surface area contributed by atoms with Gasteiger partial charge in [0, 0.05) is 13.2 Å². The van der Waals surface area contributed by atoms with E-state index >= 15 is 0 Å². The number of amides is 1. The van der Waals surface area contributed by atoms with Crippen LogP contribution >= 0.6 is 11.8 Å². The Hall–Kier alpha value is -0.220. The van der Waals surface area contributed by atoms with Crippen molar-refractivity contribution >= 4 is 17.7 Å². The molecule has 0 spiro atoms. The molecule has 1 aliphatic heterocycles. The Morgan fingerprint density at radius 3 is 3.15 bits per heavy atom. The van der Waals surface area contributed by atoms with Crippen molar-refractivity contribution in [3.8, 4) is 0 Å². The van der Waals surface area contributed by atoms with E-state index < -0.39 is 0 Å². The normalized spacial score (nSPS) is 23.8. The standard InChI is InChI=1S/C9H17NO2S/c11-6-3-7-13-8-4-1-2-5-10-9(8)12/h8,11H,1-7H2,(H,10,12). The lowest BCUT2D eigenvalue weighted by Crippen LogP contribution is -2.30. The predicted molar refractivity (Wildman–Crippen MR) is 54.8 cm³/mol. The molecule has 4 heteroatoms. The van der Waals surface area contributed by atoms with Gasteiger partial charge >= 0.3 is 0 Å². The summed E-state index contributed by atoms with van der Waals surface area (Å²) in [7, 11) is 0. The van der Waals surface area contributed by atoms with E-state index in [4.69, 9.17) is 5.11 Å². The van der Waals surface area contributed by atoms with Crippen LogP contribution in [0.4, 0.5) is 0 Å². The first-order valence-electron chi connectivity index (χ1n) is 4.85. The van der Waals surface area contributed by atoms with Crippen LogP contribution in [0.25, 0.3) is 0 Å². The van der Waals surface area contributed by atoms with Crippen LogP contribution in [0, 0.1) is 0 Å². The maximum absolute atomic E-state index is 11.4. The molecule has 1 amide bonds. The number of hydrogen-bond acceptors (Lipinski definition) is 3. The Bertz CT molecular complexity index is 164. The molecule has 1 fully saturated rings. The van der Waals surface area contributed by atoms with E-state index in [1.54, 1.807) is 11.8 Å². The third-order valence-corrected chi connectivity index (χ3v) is 3.48. The minimum Gasteiger partial charge on any atom is -0.396 e. The molecule has 2 N–H and O–H groups in total. The average Bonchev–Trinajstić information content (AvgIpc) is 2.32. The van der Waals surface area contributed by atoms with Gasteiger partial charge in [0.1, 0.15) is 0 Å². The van der Waals surface area contributed by atoms with Gasteiger partial charge in [-0.1, -0.05) is 6.42 Å². The number of hydrogen-bond donors (Lipinski definition) is 2. The average molecular weight is 203 g/mol. The summed E-state index contributed by atoms with van der Waals surface area (Å²) in [4.78, 5) is 11.4. The number of carbonyl (C=O) groups excluding carboxylic acids is 1. The number of carbonyl (C=O) groups is 1. The highest BCUT2D eigenvalue weighted by Gasteiger charge is 2.20. The van der Waals surface area contributed by atoms with Gasteiger partial charge in [-0.25, -0.2) is 0 Å². The number of aliphatic hydroxyl groups is 1. The second-order valence-corrected chi connectivity index (χ2v) is 4.53. The Labute approximate surface area is 83.3 Å². The molecular weight excluding hydrogens is 186 g/mol. The fraction of sp³-hybridized carbons (Fsp3) is 0.889. The van der Waals surface area contributed by atoms with Gasteiger partial charge < -0.3 is 10.4 Å². The SMILES string of the molecule is O=C1NCCCCC1SCCCO. The molecule has 0 bridgehead atoms. The summed E-state index contributed by atoms with van der Waals surface area (Å²) in [5.74, 6) is 1.06. The lowest BCUT2D eigenvalue weighted by Gasteiger charge is -2.11. The van der Waals surface area contributed by atoms with Crippen LogP contribution in [0.3, 0.4) is 0 Å². The highest BCUT2D eigenvalue weighted by molar-refractivity contribution is 8.00. The Morgan fingerprint density at radius 1 is 1.54 bits per heavy atom. The molecule has 0 aromatic carbocycles. The molecular formula is C9H17NO2S. The van der Waals surface area contributed by atoms with Crippen LogP contribution in [0.1, 0.15) is 25.7 Å². The lowest BCUT2D eigenvalue weighted by molar-refractivity contribution is -0.120. The summed E-state index contributed by atoms with van der Waals surface area (Å²) in [5.41, 5.74) is 0. The topological polar surface area (TPSA) is 49.3 Å². The fourth-order valence-electron chi connectivity index (χ4n) is 1.36. The van der Waals surface area contributed by atoms with Crippen LogP contribution in [0.2, 0.25) is 0 Å². The summed E-state index contributed by atoms with van der Waals surface area (Å²) in [6.45, 7) is 1.05. The minimum absolute atomic E-state index is 0.119. The molecule has 0 radical (unpaired) electrons. The molecule has 13 heavy (non-hydrogen) atoms. The Kier molecular flexibility index (Phi) is 5.23. The molecule has 1 saturated heterocycles. The molecule has 0 saturated carbocycles. The fourth-order valence-corrected chi connectivity index (χ4v) is 2.51. The van der Waals surface area contributed by atoms with Crippen LogP contribution in [0.5, 0.6) is 0 Å². The smallest absolute Gasteiger partial charge is 0.233 e. The number of nitrogens with one attached hydrogen (secondary N) is 1. The summed E-state index contributed by atoms with van der Waals surface area (Å²) < 4.78 is 0. The third kappa shape index (κ3) is 4.00. The van der Waals surface area contributed by atoms with E-state index in [1.165, 1.54) is 0 Å².